The molecule has 2 aliphatic rings. The summed E-state index contributed by atoms with van der Waals surface area (Å²) in [6, 6.07) is 5.52. The van der Waals surface area contributed by atoms with Crippen molar-refractivity contribution in [3.8, 4) is 5.75 Å². The Morgan fingerprint density at radius 3 is 2.42 bits per heavy atom. The summed E-state index contributed by atoms with van der Waals surface area (Å²) in [5.74, 6) is -1.85. The van der Waals surface area contributed by atoms with Crippen LogP contribution in [-0.2, 0) is 30.3 Å². The van der Waals surface area contributed by atoms with Gasteiger partial charge in [-0.25, -0.2) is 9.59 Å². The summed E-state index contributed by atoms with van der Waals surface area (Å²) in [5, 5.41) is 0. The first-order valence-electron chi connectivity index (χ1n) is 8.53. The SMILES string of the molecule is COc1ccc(C=C2C(=O)OC(C)(C)OC2=O)cc1CN1CCOCC1. The summed E-state index contributed by atoms with van der Waals surface area (Å²) in [6.07, 6.45) is 1.49. The van der Waals surface area contributed by atoms with Crippen molar-refractivity contribution in [2.24, 2.45) is 0 Å². The van der Waals surface area contributed by atoms with E-state index in [2.05, 4.69) is 4.90 Å². The first-order valence-corrected chi connectivity index (χ1v) is 8.53. The molecule has 0 atom stereocenters. The Balaban J connectivity index is 1.85. The zero-order valence-electron chi connectivity index (χ0n) is 15.2. The van der Waals surface area contributed by atoms with Crippen LogP contribution in [-0.4, -0.2) is 56.0 Å². The Morgan fingerprint density at radius 1 is 1.15 bits per heavy atom. The molecule has 26 heavy (non-hydrogen) atoms. The van der Waals surface area contributed by atoms with Gasteiger partial charge in [-0.05, 0) is 23.8 Å². The second-order valence-corrected chi connectivity index (χ2v) is 6.70. The third-order valence-corrected chi connectivity index (χ3v) is 4.23. The van der Waals surface area contributed by atoms with E-state index in [9.17, 15) is 9.59 Å². The van der Waals surface area contributed by atoms with Crippen LogP contribution in [0.1, 0.15) is 25.0 Å². The molecule has 2 fully saturated rings. The molecule has 1 aromatic carbocycles. The van der Waals surface area contributed by atoms with E-state index in [1.807, 2.05) is 12.1 Å². The molecule has 0 aromatic heterocycles. The number of morpholine rings is 1. The van der Waals surface area contributed by atoms with Crippen LogP contribution in [0.4, 0.5) is 0 Å². The minimum atomic E-state index is -1.24. The van der Waals surface area contributed by atoms with Gasteiger partial charge in [0.15, 0.2) is 0 Å². The van der Waals surface area contributed by atoms with E-state index in [-0.39, 0.29) is 5.57 Å². The highest BCUT2D eigenvalue weighted by molar-refractivity contribution is 6.18. The number of carbonyl (C=O) groups excluding carboxylic acids is 2. The molecule has 0 radical (unpaired) electrons. The number of nitrogens with zero attached hydrogens (tertiary/aromatic N) is 1. The highest BCUT2D eigenvalue weighted by atomic mass is 16.7. The lowest BCUT2D eigenvalue weighted by Gasteiger charge is -2.29. The molecule has 0 spiro atoms. The standard InChI is InChI=1S/C19H23NO6/c1-19(2)25-17(21)15(18(22)26-19)11-13-4-5-16(23-3)14(10-13)12-20-6-8-24-9-7-20/h4-5,10-11H,6-9,12H2,1-3H3. The van der Waals surface area contributed by atoms with Crippen LogP contribution in [0.25, 0.3) is 6.08 Å². The molecule has 0 unspecified atom stereocenters. The van der Waals surface area contributed by atoms with E-state index in [1.54, 1.807) is 13.2 Å². The zero-order valence-corrected chi connectivity index (χ0v) is 15.2. The van der Waals surface area contributed by atoms with Gasteiger partial charge in [-0.3, -0.25) is 4.90 Å². The van der Waals surface area contributed by atoms with Crippen LogP contribution < -0.4 is 4.74 Å². The van der Waals surface area contributed by atoms with Gasteiger partial charge in [0.25, 0.3) is 5.79 Å². The molecule has 0 amide bonds. The topological polar surface area (TPSA) is 74.3 Å². The number of cyclic esters (lactones) is 2. The minimum absolute atomic E-state index is 0.119. The average molecular weight is 361 g/mol. The molecule has 7 nitrogen and oxygen atoms in total. The predicted octanol–water partition coefficient (Wildman–Crippen LogP) is 1.75. The monoisotopic (exact) mass is 361 g/mol. The molecule has 140 valence electrons. The van der Waals surface area contributed by atoms with Gasteiger partial charge >= 0.3 is 11.9 Å². The fourth-order valence-electron chi connectivity index (χ4n) is 2.96. The van der Waals surface area contributed by atoms with Crippen LogP contribution in [0.2, 0.25) is 0 Å². The van der Waals surface area contributed by atoms with Gasteiger partial charge in [-0.15, -0.1) is 0 Å². The average Bonchev–Trinajstić information content (AvgIpc) is 2.58. The molecular formula is C19H23NO6. The quantitative estimate of drug-likeness (QED) is 0.459. The second kappa shape index (κ2) is 7.47. The summed E-state index contributed by atoms with van der Waals surface area (Å²) >= 11 is 0. The number of rotatable bonds is 4. The fourth-order valence-corrected chi connectivity index (χ4v) is 2.96. The van der Waals surface area contributed by atoms with E-state index in [4.69, 9.17) is 18.9 Å². The minimum Gasteiger partial charge on any atom is -0.496 e. The Morgan fingerprint density at radius 2 is 1.81 bits per heavy atom. The van der Waals surface area contributed by atoms with Gasteiger partial charge in [0.1, 0.15) is 11.3 Å². The maximum atomic E-state index is 12.1. The summed E-state index contributed by atoms with van der Waals surface area (Å²) in [7, 11) is 1.62. The first kappa shape index (κ1) is 18.4. The molecule has 2 saturated heterocycles. The Labute approximate surface area is 152 Å². The summed E-state index contributed by atoms with van der Waals surface area (Å²) < 4.78 is 21.1. The Kier molecular flexibility index (Phi) is 5.29. The van der Waals surface area contributed by atoms with E-state index in [0.29, 0.717) is 25.3 Å². The van der Waals surface area contributed by atoms with Crippen molar-refractivity contribution in [2.75, 3.05) is 33.4 Å². The van der Waals surface area contributed by atoms with Gasteiger partial charge in [0, 0.05) is 39.0 Å². The van der Waals surface area contributed by atoms with Crippen LogP contribution >= 0.6 is 0 Å². The second-order valence-electron chi connectivity index (χ2n) is 6.70. The van der Waals surface area contributed by atoms with Gasteiger partial charge in [-0.1, -0.05) is 6.07 Å². The number of hydrogen-bond acceptors (Lipinski definition) is 7. The third-order valence-electron chi connectivity index (χ3n) is 4.23. The van der Waals surface area contributed by atoms with Crippen LogP contribution in [0.3, 0.4) is 0 Å². The highest BCUT2D eigenvalue weighted by Crippen LogP contribution is 2.27. The number of methoxy groups -OCH3 is 1. The molecule has 7 heteroatoms. The molecule has 3 rings (SSSR count). The third kappa shape index (κ3) is 4.23. The van der Waals surface area contributed by atoms with Gasteiger partial charge in [-0.2, -0.15) is 0 Å². The molecule has 0 saturated carbocycles. The molecule has 0 N–H and O–H groups in total. The summed E-state index contributed by atoms with van der Waals surface area (Å²) in [6.45, 7) is 6.86. The fraction of sp³-hybridized carbons (Fsp3) is 0.474. The molecule has 0 bridgehead atoms. The van der Waals surface area contributed by atoms with Crippen LogP contribution in [0.15, 0.2) is 23.8 Å². The van der Waals surface area contributed by atoms with E-state index in [1.165, 1.54) is 19.9 Å². The summed E-state index contributed by atoms with van der Waals surface area (Å²) in [4.78, 5) is 26.5. The van der Waals surface area contributed by atoms with Crippen LogP contribution in [0, 0.1) is 0 Å². The first-order chi connectivity index (χ1) is 12.4. The number of carbonyl (C=O) groups is 2. The van der Waals surface area contributed by atoms with Crippen molar-refractivity contribution in [2.45, 2.75) is 26.2 Å². The number of esters is 2. The number of benzene rings is 1. The van der Waals surface area contributed by atoms with Crippen molar-refractivity contribution in [1.82, 2.24) is 4.90 Å². The smallest absolute Gasteiger partial charge is 0.348 e. The normalized spacial score (nSPS) is 20.3. The maximum Gasteiger partial charge on any atom is 0.348 e. The Hall–Kier alpha value is -2.38. The van der Waals surface area contributed by atoms with Crippen molar-refractivity contribution >= 4 is 18.0 Å². The van der Waals surface area contributed by atoms with Gasteiger partial charge in [0.05, 0.1) is 20.3 Å². The van der Waals surface area contributed by atoms with Crippen molar-refractivity contribution in [1.29, 1.82) is 0 Å². The lowest BCUT2D eigenvalue weighted by atomic mass is 10.1. The van der Waals surface area contributed by atoms with Crippen molar-refractivity contribution < 1.29 is 28.5 Å². The van der Waals surface area contributed by atoms with E-state index >= 15 is 0 Å². The number of hydrogen-bond donors (Lipinski definition) is 0. The molecule has 2 aliphatic heterocycles. The van der Waals surface area contributed by atoms with Crippen molar-refractivity contribution in [3.63, 3.8) is 0 Å². The summed E-state index contributed by atoms with van der Waals surface area (Å²) in [5.41, 5.74) is 1.56. The van der Waals surface area contributed by atoms with E-state index in [0.717, 1.165) is 24.4 Å². The maximum absolute atomic E-state index is 12.1. The Bertz CT molecular complexity index is 712. The van der Waals surface area contributed by atoms with Gasteiger partial charge < -0.3 is 18.9 Å². The molecular weight excluding hydrogens is 338 g/mol. The zero-order chi connectivity index (χ0) is 18.7. The lowest BCUT2D eigenvalue weighted by Crippen LogP contribution is -2.41. The largest absolute Gasteiger partial charge is 0.496 e. The van der Waals surface area contributed by atoms with Crippen molar-refractivity contribution in [3.05, 3.63) is 34.9 Å². The molecule has 1 aromatic rings. The lowest BCUT2D eigenvalue weighted by molar-refractivity contribution is -0.222. The van der Waals surface area contributed by atoms with Crippen LogP contribution in [0.5, 0.6) is 5.75 Å². The van der Waals surface area contributed by atoms with Gasteiger partial charge in [0.2, 0.25) is 0 Å². The number of ether oxygens (including phenoxy) is 4. The molecule has 0 aliphatic carbocycles. The predicted molar refractivity (Wildman–Crippen MR) is 93.3 cm³/mol. The van der Waals surface area contributed by atoms with E-state index < -0.39 is 17.7 Å². The highest BCUT2D eigenvalue weighted by Gasteiger charge is 2.38. The molecule has 2 heterocycles.